The van der Waals surface area contributed by atoms with Crippen molar-refractivity contribution in [3.8, 4) is 11.3 Å². The van der Waals surface area contributed by atoms with Gasteiger partial charge in [-0.3, -0.25) is 4.98 Å². The third-order valence-electron chi connectivity index (χ3n) is 2.81. The van der Waals surface area contributed by atoms with Gasteiger partial charge in [-0.25, -0.2) is 0 Å². The first-order valence-electron chi connectivity index (χ1n) is 5.55. The summed E-state index contributed by atoms with van der Waals surface area (Å²) in [7, 11) is 0. The van der Waals surface area contributed by atoms with Crippen LogP contribution in [-0.4, -0.2) is 4.98 Å². The number of benzene rings is 1. The molecule has 0 bridgehead atoms. The number of halogens is 3. The third kappa shape index (κ3) is 2.19. The van der Waals surface area contributed by atoms with Crippen LogP contribution in [0.25, 0.3) is 22.3 Å². The van der Waals surface area contributed by atoms with Gasteiger partial charge in [0.05, 0.1) is 5.56 Å². The first-order chi connectivity index (χ1) is 9.04. The van der Waals surface area contributed by atoms with Crippen molar-refractivity contribution in [2.45, 2.75) is 6.18 Å². The second-order valence-electron chi connectivity index (χ2n) is 4.10. The van der Waals surface area contributed by atoms with Crippen molar-refractivity contribution in [1.82, 2.24) is 4.98 Å². The van der Waals surface area contributed by atoms with Crippen molar-refractivity contribution in [2.24, 2.45) is 0 Å². The van der Waals surface area contributed by atoms with Crippen LogP contribution in [0.4, 0.5) is 13.2 Å². The van der Waals surface area contributed by atoms with E-state index in [1.807, 2.05) is 0 Å². The summed E-state index contributed by atoms with van der Waals surface area (Å²) in [6, 6.07) is 8.66. The number of rotatable bonds is 1. The number of pyridine rings is 1. The Bertz CT molecular complexity index is 716. The van der Waals surface area contributed by atoms with Crippen LogP contribution in [0.5, 0.6) is 0 Å². The Morgan fingerprint density at radius 2 is 1.68 bits per heavy atom. The standard InChI is InChI=1S/C14H8F3NO/c15-14(16,17)11-2-1-10-7-12(19-13(10)8-11)9-3-5-18-6-4-9/h1-8H. The molecule has 0 unspecified atom stereocenters. The van der Waals surface area contributed by atoms with Crippen molar-refractivity contribution >= 4 is 11.0 Å². The lowest BCUT2D eigenvalue weighted by molar-refractivity contribution is -0.137. The molecule has 0 aliphatic heterocycles. The van der Waals surface area contributed by atoms with Gasteiger partial charge in [-0.1, -0.05) is 6.07 Å². The van der Waals surface area contributed by atoms with Gasteiger partial charge in [0, 0.05) is 23.3 Å². The predicted octanol–water partition coefficient (Wildman–Crippen LogP) is 4.51. The Labute approximate surface area is 106 Å². The summed E-state index contributed by atoms with van der Waals surface area (Å²) in [5.74, 6) is 0.525. The number of nitrogens with zero attached hydrogens (tertiary/aromatic N) is 1. The first kappa shape index (κ1) is 11.8. The minimum Gasteiger partial charge on any atom is -0.456 e. The van der Waals surface area contributed by atoms with Gasteiger partial charge >= 0.3 is 6.18 Å². The molecule has 5 heteroatoms. The molecule has 0 spiro atoms. The first-order valence-corrected chi connectivity index (χ1v) is 5.55. The molecule has 2 nitrogen and oxygen atoms in total. The highest BCUT2D eigenvalue weighted by Crippen LogP contribution is 2.34. The molecule has 96 valence electrons. The summed E-state index contributed by atoms with van der Waals surface area (Å²) in [6.45, 7) is 0. The average Bonchev–Trinajstić information content (AvgIpc) is 2.81. The molecule has 0 saturated carbocycles. The van der Waals surface area contributed by atoms with Gasteiger partial charge in [0.2, 0.25) is 0 Å². The second-order valence-corrected chi connectivity index (χ2v) is 4.10. The topological polar surface area (TPSA) is 26.0 Å². The highest BCUT2D eigenvalue weighted by atomic mass is 19.4. The van der Waals surface area contributed by atoms with E-state index in [2.05, 4.69) is 4.98 Å². The highest BCUT2D eigenvalue weighted by molar-refractivity contribution is 5.83. The quantitative estimate of drug-likeness (QED) is 0.645. The van der Waals surface area contributed by atoms with Crippen molar-refractivity contribution in [2.75, 3.05) is 0 Å². The van der Waals surface area contributed by atoms with E-state index in [4.69, 9.17) is 4.42 Å². The normalized spacial score (nSPS) is 11.9. The van der Waals surface area contributed by atoms with Crippen molar-refractivity contribution in [3.63, 3.8) is 0 Å². The molecule has 0 saturated heterocycles. The number of hydrogen-bond donors (Lipinski definition) is 0. The third-order valence-corrected chi connectivity index (χ3v) is 2.81. The number of aromatic nitrogens is 1. The molecule has 3 rings (SSSR count). The summed E-state index contributed by atoms with van der Waals surface area (Å²) >= 11 is 0. The second kappa shape index (κ2) is 4.12. The van der Waals surface area contributed by atoms with Crippen molar-refractivity contribution < 1.29 is 17.6 Å². The van der Waals surface area contributed by atoms with Gasteiger partial charge < -0.3 is 4.42 Å². The number of hydrogen-bond acceptors (Lipinski definition) is 2. The number of fused-ring (bicyclic) bond motifs is 1. The monoisotopic (exact) mass is 263 g/mol. The SMILES string of the molecule is FC(F)(F)c1ccc2cc(-c3ccncc3)oc2c1. The van der Waals surface area contributed by atoms with Gasteiger partial charge in [-0.05, 0) is 30.3 Å². The fourth-order valence-corrected chi connectivity index (χ4v) is 1.87. The molecule has 0 N–H and O–H groups in total. The Kier molecular flexibility index (Phi) is 2.55. The van der Waals surface area contributed by atoms with Crippen LogP contribution in [-0.2, 0) is 6.18 Å². The summed E-state index contributed by atoms with van der Waals surface area (Å²) in [6.07, 6.45) is -1.16. The number of furan rings is 1. The Morgan fingerprint density at radius 3 is 2.37 bits per heavy atom. The van der Waals surface area contributed by atoms with Crippen LogP contribution in [0, 0.1) is 0 Å². The maximum Gasteiger partial charge on any atom is 0.416 e. The molecular weight excluding hydrogens is 255 g/mol. The summed E-state index contributed by atoms with van der Waals surface area (Å²) in [5, 5.41) is 0.639. The zero-order valence-corrected chi connectivity index (χ0v) is 9.61. The average molecular weight is 263 g/mol. The van der Waals surface area contributed by atoms with Crippen LogP contribution < -0.4 is 0 Å². The number of alkyl halides is 3. The molecule has 19 heavy (non-hydrogen) atoms. The molecule has 0 aliphatic rings. The van der Waals surface area contributed by atoms with Gasteiger partial charge in [0.25, 0.3) is 0 Å². The van der Waals surface area contributed by atoms with E-state index in [0.29, 0.717) is 11.1 Å². The molecule has 3 aromatic rings. The minimum absolute atomic E-state index is 0.224. The lowest BCUT2D eigenvalue weighted by Gasteiger charge is -2.04. The summed E-state index contributed by atoms with van der Waals surface area (Å²) in [5.41, 5.74) is 0.289. The van der Waals surface area contributed by atoms with Crippen molar-refractivity contribution in [3.05, 3.63) is 54.4 Å². The molecule has 0 radical (unpaired) electrons. The Balaban J connectivity index is 2.12. The van der Waals surface area contributed by atoms with Gasteiger partial charge in [-0.2, -0.15) is 13.2 Å². The molecule has 0 atom stereocenters. The van der Waals surface area contributed by atoms with E-state index in [1.165, 1.54) is 6.07 Å². The molecule has 0 aliphatic carbocycles. The molecule has 1 aromatic carbocycles. The Morgan fingerprint density at radius 1 is 0.947 bits per heavy atom. The van der Waals surface area contributed by atoms with E-state index < -0.39 is 11.7 Å². The van der Waals surface area contributed by atoms with Gasteiger partial charge in [0.1, 0.15) is 11.3 Å². The summed E-state index contributed by atoms with van der Waals surface area (Å²) in [4.78, 5) is 3.88. The van der Waals surface area contributed by atoms with E-state index in [9.17, 15) is 13.2 Å². The molecule has 0 amide bonds. The van der Waals surface area contributed by atoms with E-state index in [1.54, 1.807) is 30.6 Å². The minimum atomic E-state index is -4.36. The lowest BCUT2D eigenvalue weighted by atomic mass is 10.1. The molecule has 0 fully saturated rings. The molecule has 2 heterocycles. The molecule has 2 aromatic heterocycles. The molecular formula is C14H8F3NO. The van der Waals surface area contributed by atoms with Crippen LogP contribution in [0.1, 0.15) is 5.56 Å². The smallest absolute Gasteiger partial charge is 0.416 e. The lowest BCUT2D eigenvalue weighted by Crippen LogP contribution is -2.03. The maximum atomic E-state index is 12.6. The van der Waals surface area contributed by atoms with E-state index >= 15 is 0 Å². The predicted molar refractivity (Wildman–Crippen MR) is 64.4 cm³/mol. The van der Waals surface area contributed by atoms with Crippen LogP contribution in [0.3, 0.4) is 0 Å². The van der Waals surface area contributed by atoms with Gasteiger partial charge in [0.15, 0.2) is 0 Å². The highest BCUT2D eigenvalue weighted by Gasteiger charge is 2.30. The van der Waals surface area contributed by atoms with Crippen LogP contribution in [0.15, 0.2) is 53.2 Å². The maximum absolute atomic E-state index is 12.6. The zero-order valence-electron chi connectivity index (χ0n) is 9.61. The zero-order chi connectivity index (χ0) is 13.5. The fourth-order valence-electron chi connectivity index (χ4n) is 1.87. The fraction of sp³-hybridized carbons (Fsp3) is 0.0714. The largest absolute Gasteiger partial charge is 0.456 e. The Hall–Kier alpha value is -2.30. The summed E-state index contributed by atoms with van der Waals surface area (Å²) < 4.78 is 43.2. The van der Waals surface area contributed by atoms with Crippen LogP contribution in [0.2, 0.25) is 0 Å². The van der Waals surface area contributed by atoms with Crippen LogP contribution >= 0.6 is 0 Å². The van der Waals surface area contributed by atoms with E-state index in [-0.39, 0.29) is 5.58 Å². The van der Waals surface area contributed by atoms with Gasteiger partial charge in [-0.15, -0.1) is 0 Å². The van der Waals surface area contributed by atoms with E-state index in [0.717, 1.165) is 17.7 Å². The van der Waals surface area contributed by atoms with Crippen molar-refractivity contribution in [1.29, 1.82) is 0 Å².